The molecule has 176 valence electrons. The lowest BCUT2D eigenvalue weighted by atomic mass is 9.91. The number of hydrazine groups is 1. The molecule has 2 atom stereocenters. The molecule has 0 aliphatic carbocycles. The predicted octanol–water partition coefficient (Wildman–Crippen LogP) is 1.10. The Labute approximate surface area is 195 Å². The summed E-state index contributed by atoms with van der Waals surface area (Å²) >= 11 is 0. The Morgan fingerprint density at radius 3 is 2.53 bits per heavy atom. The van der Waals surface area contributed by atoms with Gasteiger partial charge >= 0.3 is 6.03 Å². The van der Waals surface area contributed by atoms with Crippen molar-refractivity contribution in [1.82, 2.24) is 10.9 Å². The van der Waals surface area contributed by atoms with Crippen LogP contribution in [-0.2, 0) is 11.2 Å². The van der Waals surface area contributed by atoms with Crippen LogP contribution >= 0.6 is 0 Å². The lowest BCUT2D eigenvalue weighted by molar-refractivity contribution is -0.991. The summed E-state index contributed by atoms with van der Waals surface area (Å²) in [5.74, 6) is 3.91. The van der Waals surface area contributed by atoms with Gasteiger partial charge in [0, 0.05) is 24.2 Å². The zero-order valence-corrected chi connectivity index (χ0v) is 18.1. The number of carbonyl (C=O) groups excluding carboxylic acids is 2. The molecule has 2 aromatic carbocycles. The third kappa shape index (κ3) is 7.98. The van der Waals surface area contributed by atoms with Crippen LogP contribution in [0.1, 0.15) is 36.3 Å². The van der Waals surface area contributed by atoms with Gasteiger partial charge in [-0.15, -0.1) is 0 Å². The molecule has 2 aromatic rings. The van der Waals surface area contributed by atoms with Gasteiger partial charge in [0.1, 0.15) is 5.92 Å². The summed E-state index contributed by atoms with van der Waals surface area (Å²) in [5.41, 5.74) is 6.22. The second-order valence-electron chi connectivity index (χ2n) is 7.11. The summed E-state index contributed by atoms with van der Waals surface area (Å²) in [4.78, 5) is 23.8. The molecule has 0 radical (unpaired) electrons. The van der Waals surface area contributed by atoms with E-state index < -0.39 is 17.2 Å². The average molecular weight is 464 g/mol. The molecule has 34 heavy (non-hydrogen) atoms. The molecular weight excluding hydrogens is 440 g/mol. The molecule has 7 N–H and O–H groups in total. The first kappa shape index (κ1) is 25.9. The van der Waals surface area contributed by atoms with Gasteiger partial charge in [0.25, 0.3) is 0 Å². The van der Waals surface area contributed by atoms with Crippen molar-refractivity contribution < 1.29 is 20.0 Å². The molecule has 0 aromatic heterocycles. The van der Waals surface area contributed by atoms with E-state index in [9.17, 15) is 20.1 Å². The molecule has 2 rings (SSSR count). The number of nitrogens with zero attached hydrogens (tertiary/aromatic N) is 3. The summed E-state index contributed by atoms with van der Waals surface area (Å²) in [6.07, 6.45) is 0.825. The molecule has 0 heterocycles. The van der Waals surface area contributed by atoms with Crippen LogP contribution < -0.4 is 27.2 Å². The lowest BCUT2D eigenvalue weighted by Gasteiger charge is -2.14. The number of nitrogens with two attached hydrogens (primary N) is 1. The van der Waals surface area contributed by atoms with Gasteiger partial charge in [-0.3, -0.25) is 10.2 Å². The Morgan fingerprint density at radius 1 is 1.18 bits per heavy atom. The average Bonchev–Trinajstić information content (AvgIpc) is 2.83. The van der Waals surface area contributed by atoms with Crippen molar-refractivity contribution in [2.45, 2.75) is 31.6 Å². The molecule has 0 bridgehead atoms. The second kappa shape index (κ2) is 13.3. The highest BCUT2D eigenvalue weighted by Gasteiger charge is 2.19. The van der Waals surface area contributed by atoms with Crippen LogP contribution in [0, 0.1) is 27.9 Å². The van der Waals surface area contributed by atoms with E-state index in [-0.39, 0.29) is 30.9 Å². The largest absolute Gasteiger partial charge is 0.595 e. The van der Waals surface area contributed by atoms with Crippen molar-refractivity contribution in [3.8, 4) is 12.1 Å². The zero-order chi connectivity index (χ0) is 24.9. The third-order valence-electron chi connectivity index (χ3n) is 4.72. The fourth-order valence-electron chi connectivity index (χ4n) is 3.06. The minimum Gasteiger partial charge on any atom is -0.595 e. The van der Waals surface area contributed by atoms with Gasteiger partial charge in [0.15, 0.2) is 5.69 Å². The number of hydrogen-bond donors (Lipinski definition) is 6. The number of nitrogens with one attached hydrogen (secondary N) is 4. The first-order valence-corrected chi connectivity index (χ1v) is 10.2. The first-order valence-electron chi connectivity index (χ1n) is 10.2. The molecule has 0 saturated carbocycles. The minimum atomic E-state index is -1.10. The summed E-state index contributed by atoms with van der Waals surface area (Å²) in [6, 6.07) is 16.2. The van der Waals surface area contributed by atoms with Crippen LogP contribution in [0.3, 0.4) is 0 Å². The smallest absolute Gasteiger partial charge is 0.349 e. The van der Waals surface area contributed by atoms with Crippen LogP contribution in [0.2, 0.25) is 0 Å². The van der Waals surface area contributed by atoms with Crippen molar-refractivity contribution in [2.75, 3.05) is 5.32 Å². The molecule has 0 spiro atoms. The van der Waals surface area contributed by atoms with Crippen molar-refractivity contribution in [1.29, 1.82) is 10.5 Å². The fourth-order valence-corrected chi connectivity index (χ4v) is 3.06. The fraction of sp³-hybridized carbons (Fsp3) is 0.227. The quantitative estimate of drug-likeness (QED) is 0.131. The highest BCUT2D eigenvalue weighted by molar-refractivity contribution is 5.95. The van der Waals surface area contributed by atoms with E-state index in [1.165, 1.54) is 18.2 Å². The first-order chi connectivity index (χ1) is 16.4. The Hall–Kier alpha value is -4.33. The van der Waals surface area contributed by atoms with Crippen LogP contribution in [0.25, 0.3) is 0 Å². The van der Waals surface area contributed by atoms with Gasteiger partial charge in [-0.2, -0.15) is 20.9 Å². The number of anilines is 1. The Balaban J connectivity index is 2.08. The van der Waals surface area contributed by atoms with Gasteiger partial charge < -0.3 is 10.5 Å². The van der Waals surface area contributed by atoms with Gasteiger partial charge in [-0.05, 0) is 30.0 Å². The lowest BCUT2D eigenvalue weighted by Crippen LogP contribution is -2.99. The number of urea groups is 1. The molecule has 3 amide bonds. The minimum absolute atomic E-state index is 0.0501. The van der Waals surface area contributed by atoms with Gasteiger partial charge in [-0.25, -0.2) is 21.3 Å². The van der Waals surface area contributed by atoms with Crippen LogP contribution in [0.5, 0.6) is 0 Å². The number of rotatable bonds is 10. The van der Waals surface area contributed by atoms with E-state index in [2.05, 4.69) is 28.0 Å². The molecule has 0 aliphatic heterocycles. The maximum atomic E-state index is 12.3. The number of nitriles is 2. The maximum Gasteiger partial charge on any atom is 0.349 e. The number of carbonyl (C=O) groups is 2. The number of benzene rings is 2. The topological polar surface area (TPSA) is 204 Å². The highest BCUT2D eigenvalue weighted by Crippen LogP contribution is 2.21. The van der Waals surface area contributed by atoms with Crippen molar-refractivity contribution in [3.05, 3.63) is 64.9 Å². The standard InChI is InChI=1S/C22H24N8O4/c23-12-11-15-7-9-16(10-8-15)19(14-24)20(28-29-22(32)27-25)5-2-6-21(31)26-17-3-1-4-18(13-17)30(33)34/h1,3-4,7-10,13,19,30,33H,2,5-6,11,25H2,(H,26,31)(H2,27,29,32)/b28-20+. The second-order valence-corrected chi connectivity index (χ2v) is 7.11. The summed E-state index contributed by atoms with van der Waals surface area (Å²) in [6.45, 7) is 0. The molecule has 0 fully saturated rings. The van der Waals surface area contributed by atoms with E-state index in [0.29, 0.717) is 23.4 Å². The highest BCUT2D eigenvalue weighted by atomic mass is 16.8. The van der Waals surface area contributed by atoms with Crippen molar-refractivity contribution in [3.63, 3.8) is 0 Å². The van der Waals surface area contributed by atoms with Crippen molar-refractivity contribution >= 4 is 29.0 Å². The number of hydrogen-bond acceptors (Lipinski definition) is 8. The molecule has 12 nitrogen and oxygen atoms in total. The zero-order valence-electron chi connectivity index (χ0n) is 18.1. The van der Waals surface area contributed by atoms with Gasteiger partial charge in [-0.1, -0.05) is 30.3 Å². The van der Waals surface area contributed by atoms with Gasteiger partial charge in [0.2, 0.25) is 5.91 Å². The maximum absolute atomic E-state index is 12.3. The molecule has 2 unspecified atom stereocenters. The monoisotopic (exact) mass is 464 g/mol. The molecule has 12 heteroatoms. The van der Waals surface area contributed by atoms with E-state index in [0.717, 1.165) is 5.56 Å². The Kier molecular flexibility index (Phi) is 10.1. The summed E-state index contributed by atoms with van der Waals surface area (Å²) < 4.78 is 0. The van der Waals surface area contributed by atoms with Crippen molar-refractivity contribution in [2.24, 2.45) is 10.9 Å². The van der Waals surface area contributed by atoms with Crippen LogP contribution in [0.15, 0.2) is 53.6 Å². The molecule has 0 saturated heterocycles. The third-order valence-corrected chi connectivity index (χ3v) is 4.72. The van der Waals surface area contributed by atoms with Gasteiger partial charge in [0.05, 0.1) is 24.3 Å². The summed E-state index contributed by atoms with van der Waals surface area (Å²) in [5, 5.41) is 44.2. The SMILES string of the molecule is N#CCc1ccc(C(C#N)/C(CCCC(=O)Nc2cccc([NH+]([O-])O)c2)=N/NC(=O)NN)cc1. The summed E-state index contributed by atoms with van der Waals surface area (Å²) in [7, 11) is 0. The van der Waals surface area contributed by atoms with Crippen LogP contribution in [0.4, 0.5) is 16.2 Å². The predicted molar refractivity (Wildman–Crippen MR) is 122 cm³/mol. The number of amides is 3. The van der Waals surface area contributed by atoms with E-state index in [4.69, 9.17) is 16.3 Å². The Morgan fingerprint density at radius 2 is 1.91 bits per heavy atom. The van der Waals surface area contributed by atoms with E-state index in [1.807, 2.05) is 5.43 Å². The molecule has 0 aliphatic rings. The number of quaternary nitrogens is 1. The Bertz CT molecular complexity index is 1100. The normalized spacial score (nSPS) is 12.6. The van der Waals surface area contributed by atoms with E-state index >= 15 is 0 Å². The molecular formula is C22H24N8O4. The van der Waals surface area contributed by atoms with E-state index in [1.54, 1.807) is 30.3 Å². The number of hydrazone groups is 1. The van der Waals surface area contributed by atoms with Crippen LogP contribution in [-0.4, -0.2) is 22.9 Å².